The Morgan fingerprint density at radius 1 is 0.865 bits per heavy atom. The SMILES string of the molecule is CC(C)C[C@H]1COCCOCCOC[C@H](CC(C)C)OCc2cc(OS(=O)(=O)C(F)(F)F)cc(n2)CO1. The number of alkyl halides is 3. The van der Waals surface area contributed by atoms with Crippen molar-refractivity contribution in [2.24, 2.45) is 11.8 Å². The normalized spacial score (nSPS) is 22.0. The lowest BCUT2D eigenvalue weighted by atomic mass is 10.1. The van der Waals surface area contributed by atoms with Gasteiger partial charge in [0, 0.05) is 12.1 Å². The zero-order chi connectivity index (χ0) is 27.5. The highest BCUT2D eigenvalue weighted by atomic mass is 32.2. The average molecular weight is 558 g/mol. The molecule has 1 aliphatic heterocycles. The third-order valence-electron chi connectivity index (χ3n) is 5.15. The highest BCUT2D eigenvalue weighted by molar-refractivity contribution is 7.88. The van der Waals surface area contributed by atoms with Crippen molar-refractivity contribution in [1.82, 2.24) is 4.98 Å². The summed E-state index contributed by atoms with van der Waals surface area (Å²) in [7, 11) is -5.86. The summed E-state index contributed by atoms with van der Waals surface area (Å²) in [4.78, 5) is 4.41. The number of nitrogens with zero attached hydrogens (tertiary/aromatic N) is 1. The van der Waals surface area contributed by atoms with Gasteiger partial charge in [-0.3, -0.25) is 4.98 Å². The van der Waals surface area contributed by atoms with Crippen LogP contribution < -0.4 is 4.18 Å². The Labute approximate surface area is 217 Å². The van der Waals surface area contributed by atoms with Gasteiger partial charge >= 0.3 is 15.6 Å². The number of hydrogen-bond donors (Lipinski definition) is 0. The lowest BCUT2D eigenvalue weighted by molar-refractivity contribution is -0.0613. The van der Waals surface area contributed by atoms with E-state index in [2.05, 4.69) is 9.17 Å². The minimum Gasteiger partial charge on any atom is -0.377 e. The van der Waals surface area contributed by atoms with Crippen LogP contribution in [0.3, 0.4) is 0 Å². The molecule has 37 heavy (non-hydrogen) atoms. The van der Waals surface area contributed by atoms with Crippen molar-refractivity contribution >= 4 is 10.1 Å². The van der Waals surface area contributed by atoms with Gasteiger partial charge in [-0.2, -0.15) is 21.6 Å². The van der Waals surface area contributed by atoms with Crippen LogP contribution in [0.2, 0.25) is 0 Å². The Morgan fingerprint density at radius 2 is 1.30 bits per heavy atom. The van der Waals surface area contributed by atoms with E-state index in [1.54, 1.807) is 0 Å². The van der Waals surface area contributed by atoms with Crippen LogP contribution in [-0.4, -0.2) is 70.8 Å². The molecular weight excluding hydrogens is 519 g/mol. The molecule has 0 aliphatic carbocycles. The quantitative estimate of drug-likeness (QED) is 0.375. The minimum atomic E-state index is -5.86. The van der Waals surface area contributed by atoms with Crippen LogP contribution in [0.4, 0.5) is 13.2 Å². The molecule has 2 atom stereocenters. The molecule has 1 aromatic rings. The van der Waals surface area contributed by atoms with Gasteiger partial charge in [0.05, 0.1) is 76.5 Å². The maximum Gasteiger partial charge on any atom is 0.534 e. The molecule has 2 heterocycles. The number of fused-ring (bicyclic) bond motifs is 2. The number of hydrogen-bond acceptors (Lipinski definition) is 9. The summed E-state index contributed by atoms with van der Waals surface area (Å²) < 4.78 is 95.2. The fraction of sp³-hybridized carbons (Fsp3) is 0.792. The molecule has 13 heteroatoms. The van der Waals surface area contributed by atoms with Gasteiger partial charge in [-0.25, -0.2) is 0 Å². The molecule has 0 unspecified atom stereocenters. The Hall–Kier alpha value is -1.51. The first-order valence-electron chi connectivity index (χ1n) is 12.3. The van der Waals surface area contributed by atoms with Crippen LogP contribution in [0.15, 0.2) is 12.1 Å². The monoisotopic (exact) mass is 557 g/mol. The maximum absolute atomic E-state index is 12.9. The van der Waals surface area contributed by atoms with E-state index >= 15 is 0 Å². The largest absolute Gasteiger partial charge is 0.534 e. The predicted octanol–water partition coefficient (Wildman–Crippen LogP) is 4.24. The van der Waals surface area contributed by atoms with E-state index in [1.807, 2.05) is 27.7 Å². The highest BCUT2D eigenvalue weighted by Gasteiger charge is 2.48. The molecule has 0 saturated heterocycles. The molecule has 0 saturated carbocycles. The molecule has 0 fully saturated rings. The second kappa shape index (κ2) is 15.2. The van der Waals surface area contributed by atoms with Crippen molar-refractivity contribution in [2.45, 2.75) is 71.5 Å². The smallest absolute Gasteiger partial charge is 0.377 e. The van der Waals surface area contributed by atoms with E-state index in [1.165, 1.54) is 0 Å². The first kappa shape index (κ1) is 31.7. The van der Waals surface area contributed by atoms with Crippen LogP contribution in [0.1, 0.15) is 51.9 Å². The molecule has 0 N–H and O–H groups in total. The van der Waals surface area contributed by atoms with Crippen LogP contribution in [0, 0.1) is 11.8 Å². The molecule has 9 nitrogen and oxygen atoms in total. The number of ether oxygens (including phenoxy) is 5. The van der Waals surface area contributed by atoms with Gasteiger partial charge in [0.1, 0.15) is 5.75 Å². The minimum absolute atomic E-state index is 0.0912. The van der Waals surface area contributed by atoms with Crippen molar-refractivity contribution in [2.75, 3.05) is 39.6 Å². The molecule has 2 bridgehead atoms. The molecule has 0 aromatic carbocycles. The third kappa shape index (κ3) is 12.3. The molecule has 1 aliphatic rings. The Morgan fingerprint density at radius 3 is 1.70 bits per heavy atom. The number of aromatic nitrogens is 1. The van der Waals surface area contributed by atoms with Gasteiger partial charge in [0.25, 0.3) is 0 Å². The van der Waals surface area contributed by atoms with Gasteiger partial charge in [-0.15, -0.1) is 0 Å². The first-order chi connectivity index (χ1) is 17.4. The summed E-state index contributed by atoms with van der Waals surface area (Å²) >= 11 is 0. The Kier molecular flexibility index (Phi) is 13.0. The fourth-order valence-corrected chi connectivity index (χ4v) is 4.03. The van der Waals surface area contributed by atoms with Crippen LogP contribution in [0.5, 0.6) is 5.75 Å². The van der Waals surface area contributed by atoms with E-state index in [-0.39, 0.29) is 50.0 Å². The molecule has 1 aromatic heterocycles. The molecule has 0 radical (unpaired) electrons. The van der Waals surface area contributed by atoms with E-state index in [0.29, 0.717) is 51.1 Å². The summed E-state index contributed by atoms with van der Waals surface area (Å²) in [5.74, 6) is 0.0620. The van der Waals surface area contributed by atoms with Crippen LogP contribution in [0.25, 0.3) is 0 Å². The molecule has 0 spiro atoms. The lowest BCUT2D eigenvalue weighted by Gasteiger charge is -2.22. The summed E-state index contributed by atoms with van der Waals surface area (Å²) in [6.45, 7) is 9.97. The zero-order valence-electron chi connectivity index (χ0n) is 21.8. The third-order valence-corrected chi connectivity index (χ3v) is 6.13. The summed E-state index contributed by atoms with van der Waals surface area (Å²) in [6.07, 6.45) is 0.700. The van der Waals surface area contributed by atoms with Gasteiger partial charge in [0.2, 0.25) is 0 Å². The summed E-state index contributed by atoms with van der Waals surface area (Å²) in [6, 6.07) is 2.22. The topological polar surface area (TPSA) is 102 Å². The highest BCUT2D eigenvalue weighted by Crippen LogP contribution is 2.28. The lowest BCUT2D eigenvalue weighted by Crippen LogP contribution is -2.28. The number of rotatable bonds is 6. The van der Waals surface area contributed by atoms with E-state index in [0.717, 1.165) is 12.1 Å². The van der Waals surface area contributed by atoms with Crippen molar-refractivity contribution in [3.05, 3.63) is 23.5 Å². The van der Waals surface area contributed by atoms with Gasteiger partial charge in [0.15, 0.2) is 0 Å². The van der Waals surface area contributed by atoms with Crippen molar-refractivity contribution in [1.29, 1.82) is 0 Å². The van der Waals surface area contributed by atoms with Crippen molar-refractivity contribution < 1.29 is 49.5 Å². The van der Waals surface area contributed by atoms with Crippen molar-refractivity contribution in [3.8, 4) is 5.75 Å². The second-order valence-electron chi connectivity index (χ2n) is 9.66. The number of halogens is 3. The van der Waals surface area contributed by atoms with E-state index in [9.17, 15) is 21.6 Å². The molecule has 0 amide bonds. The van der Waals surface area contributed by atoms with E-state index < -0.39 is 21.4 Å². The summed E-state index contributed by atoms with van der Waals surface area (Å²) in [5.41, 5.74) is -5.18. The van der Waals surface area contributed by atoms with E-state index in [4.69, 9.17) is 23.7 Å². The van der Waals surface area contributed by atoms with Gasteiger partial charge in [-0.05, 0) is 24.7 Å². The second-order valence-corrected chi connectivity index (χ2v) is 11.2. The van der Waals surface area contributed by atoms with Gasteiger partial charge in [-0.1, -0.05) is 27.7 Å². The standard InChI is InChI=1S/C24H38F3NO8S/c1-17(2)9-22-15-32-7-5-31-6-8-33-16-23(10-18(3)4)35-14-20-12-21(11-19(28-20)13-34-22)36-37(29,30)24(25,26)27/h11-12,17-18,22-23H,5-10,13-16H2,1-4H3/t22-,23-/m0/s1. The molecule has 214 valence electrons. The first-order valence-corrected chi connectivity index (χ1v) is 13.7. The fourth-order valence-electron chi connectivity index (χ4n) is 3.58. The molecule has 2 rings (SSSR count). The zero-order valence-corrected chi connectivity index (χ0v) is 22.6. The van der Waals surface area contributed by atoms with Crippen LogP contribution >= 0.6 is 0 Å². The van der Waals surface area contributed by atoms with Crippen molar-refractivity contribution in [3.63, 3.8) is 0 Å². The van der Waals surface area contributed by atoms with Crippen LogP contribution in [-0.2, 0) is 47.0 Å². The predicted molar refractivity (Wildman–Crippen MR) is 128 cm³/mol. The average Bonchev–Trinajstić information content (AvgIpc) is 2.77. The van der Waals surface area contributed by atoms with Gasteiger partial charge < -0.3 is 27.9 Å². The number of pyridine rings is 1. The Bertz CT molecular complexity index is 865. The maximum atomic E-state index is 12.9. The molecular formula is C24H38F3NO8S. The Balaban J connectivity index is 2.30. The summed E-state index contributed by atoms with van der Waals surface area (Å²) in [5, 5.41) is 0.